The van der Waals surface area contributed by atoms with Crippen molar-refractivity contribution in [3.8, 4) is 0 Å². The summed E-state index contributed by atoms with van der Waals surface area (Å²) in [5.74, 6) is 0.348. The van der Waals surface area contributed by atoms with Crippen molar-refractivity contribution in [2.45, 2.75) is 44.0 Å². The van der Waals surface area contributed by atoms with Crippen LogP contribution in [0.4, 0.5) is 4.79 Å². The maximum absolute atomic E-state index is 13.2. The highest BCUT2D eigenvalue weighted by molar-refractivity contribution is 7.89. The van der Waals surface area contributed by atoms with Gasteiger partial charge in [-0.15, -0.1) is 0 Å². The molecule has 0 saturated carbocycles. The first kappa shape index (κ1) is 23.9. The zero-order valence-corrected chi connectivity index (χ0v) is 18.2. The van der Waals surface area contributed by atoms with E-state index in [0.29, 0.717) is 25.3 Å². The normalized spacial score (nSPS) is 12.7. The van der Waals surface area contributed by atoms with Crippen LogP contribution in [0.1, 0.15) is 32.3 Å². The Kier molecular flexibility index (Phi) is 9.29. The van der Waals surface area contributed by atoms with E-state index >= 15 is 0 Å². The minimum atomic E-state index is -3.66. The molecule has 0 radical (unpaired) electrons. The van der Waals surface area contributed by atoms with E-state index in [0.717, 1.165) is 12.0 Å². The SMILES string of the molecule is CC(C)CCN(CC[C@H](Cc1ccccc1)NC(=O)OO)S(=O)(=O)c1ccccc1. The maximum Gasteiger partial charge on any atom is 0.438 e. The molecule has 0 spiro atoms. The second-order valence-corrected chi connectivity index (χ2v) is 9.54. The lowest BCUT2D eigenvalue weighted by Gasteiger charge is -2.26. The van der Waals surface area contributed by atoms with E-state index in [4.69, 9.17) is 5.26 Å². The molecule has 8 heteroatoms. The molecular weight excluding hydrogens is 404 g/mol. The number of benzene rings is 2. The third kappa shape index (κ3) is 7.44. The highest BCUT2D eigenvalue weighted by Gasteiger charge is 2.26. The van der Waals surface area contributed by atoms with Gasteiger partial charge in [-0.1, -0.05) is 62.4 Å². The van der Waals surface area contributed by atoms with Gasteiger partial charge < -0.3 is 5.32 Å². The van der Waals surface area contributed by atoms with E-state index < -0.39 is 22.2 Å². The Hall–Kier alpha value is -2.42. The molecule has 0 saturated heterocycles. The van der Waals surface area contributed by atoms with E-state index in [-0.39, 0.29) is 11.4 Å². The van der Waals surface area contributed by atoms with Crippen LogP contribution in [0.5, 0.6) is 0 Å². The van der Waals surface area contributed by atoms with Crippen molar-refractivity contribution < 1.29 is 23.4 Å². The van der Waals surface area contributed by atoms with Gasteiger partial charge in [-0.3, -0.25) is 4.89 Å². The molecule has 0 aliphatic rings. The Bertz CT molecular complexity index is 873. The van der Waals surface area contributed by atoms with Crippen LogP contribution in [-0.2, 0) is 21.3 Å². The summed E-state index contributed by atoms with van der Waals surface area (Å²) >= 11 is 0. The molecule has 164 valence electrons. The minimum Gasteiger partial charge on any atom is -0.316 e. The molecule has 0 aromatic heterocycles. The van der Waals surface area contributed by atoms with Gasteiger partial charge in [0.1, 0.15) is 0 Å². The van der Waals surface area contributed by atoms with Crippen LogP contribution in [0, 0.1) is 5.92 Å². The fourth-order valence-electron chi connectivity index (χ4n) is 3.11. The Balaban J connectivity index is 2.17. The predicted octanol–water partition coefficient (Wildman–Crippen LogP) is 3.92. The molecule has 0 aliphatic carbocycles. The van der Waals surface area contributed by atoms with Gasteiger partial charge in [-0.2, -0.15) is 9.56 Å². The number of sulfonamides is 1. The van der Waals surface area contributed by atoms with Crippen molar-refractivity contribution in [1.29, 1.82) is 0 Å². The summed E-state index contributed by atoms with van der Waals surface area (Å²) in [5.41, 5.74) is 0.986. The van der Waals surface area contributed by atoms with Crippen molar-refractivity contribution in [1.82, 2.24) is 9.62 Å². The highest BCUT2D eigenvalue weighted by atomic mass is 32.2. The summed E-state index contributed by atoms with van der Waals surface area (Å²) in [6, 6.07) is 17.5. The predicted molar refractivity (Wildman–Crippen MR) is 115 cm³/mol. The molecule has 7 nitrogen and oxygen atoms in total. The molecule has 2 aromatic carbocycles. The summed E-state index contributed by atoms with van der Waals surface area (Å²) in [5, 5.41) is 11.2. The molecule has 2 aromatic rings. The highest BCUT2D eigenvalue weighted by Crippen LogP contribution is 2.18. The number of nitrogens with one attached hydrogen (secondary N) is 1. The number of hydrogen-bond acceptors (Lipinski definition) is 5. The second kappa shape index (κ2) is 11.7. The van der Waals surface area contributed by atoms with Crippen LogP contribution < -0.4 is 5.32 Å². The van der Waals surface area contributed by atoms with Crippen LogP contribution in [0.25, 0.3) is 0 Å². The zero-order valence-electron chi connectivity index (χ0n) is 17.4. The molecule has 0 fully saturated rings. The first-order chi connectivity index (χ1) is 14.3. The lowest BCUT2D eigenvalue weighted by atomic mass is 10.0. The van der Waals surface area contributed by atoms with Crippen molar-refractivity contribution in [3.05, 3.63) is 66.2 Å². The lowest BCUT2D eigenvalue weighted by molar-refractivity contribution is -0.178. The van der Waals surface area contributed by atoms with Crippen molar-refractivity contribution >= 4 is 16.1 Å². The van der Waals surface area contributed by atoms with Crippen molar-refractivity contribution in [3.63, 3.8) is 0 Å². The monoisotopic (exact) mass is 434 g/mol. The third-order valence-electron chi connectivity index (χ3n) is 4.79. The molecule has 1 amide bonds. The standard InChI is InChI=1S/C22H30N2O5S/c1-18(2)13-15-24(30(27,28)21-11-7-4-8-12-21)16-14-20(23-22(25)29-26)17-19-9-5-3-6-10-19/h3-12,18,20,26H,13-17H2,1-2H3,(H,23,25)/t20-/m1/s1. The number of nitrogens with zero attached hydrogens (tertiary/aromatic N) is 1. The second-order valence-electron chi connectivity index (χ2n) is 7.60. The van der Waals surface area contributed by atoms with Crippen molar-refractivity contribution in [2.24, 2.45) is 5.92 Å². The fourth-order valence-corrected chi connectivity index (χ4v) is 4.60. The van der Waals surface area contributed by atoms with E-state index in [9.17, 15) is 13.2 Å². The van der Waals surface area contributed by atoms with Crippen LogP contribution in [0.2, 0.25) is 0 Å². The fraction of sp³-hybridized carbons (Fsp3) is 0.409. The van der Waals surface area contributed by atoms with Gasteiger partial charge in [0.15, 0.2) is 0 Å². The summed E-state index contributed by atoms with van der Waals surface area (Å²) in [4.78, 5) is 15.6. The summed E-state index contributed by atoms with van der Waals surface area (Å²) in [6.07, 6.45) is 0.616. The van der Waals surface area contributed by atoms with E-state index in [1.54, 1.807) is 30.3 Å². The van der Waals surface area contributed by atoms with Gasteiger partial charge in [0.05, 0.1) is 4.90 Å². The van der Waals surface area contributed by atoms with Gasteiger partial charge >= 0.3 is 6.09 Å². The molecule has 30 heavy (non-hydrogen) atoms. The molecule has 0 bridgehead atoms. The smallest absolute Gasteiger partial charge is 0.316 e. The van der Waals surface area contributed by atoms with Crippen LogP contribution in [-0.4, -0.2) is 43.2 Å². The van der Waals surface area contributed by atoms with Gasteiger partial charge in [0.2, 0.25) is 10.0 Å². The number of carbonyl (C=O) groups excluding carboxylic acids is 1. The van der Waals surface area contributed by atoms with Gasteiger partial charge in [0, 0.05) is 19.1 Å². The topological polar surface area (TPSA) is 95.9 Å². The zero-order chi connectivity index (χ0) is 22.0. The number of carbonyl (C=O) groups is 1. The van der Waals surface area contributed by atoms with Crippen LogP contribution in [0.15, 0.2) is 65.6 Å². The molecule has 0 aliphatic heterocycles. The molecule has 2 N–H and O–H groups in total. The molecule has 1 atom stereocenters. The number of amides is 1. The van der Waals surface area contributed by atoms with E-state index in [1.165, 1.54) is 4.31 Å². The first-order valence-electron chi connectivity index (χ1n) is 10.0. The summed E-state index contributed by atoms with van der Waals surface area (Å²) in [7, 11) is -3.66. The molecule has 0 unspecified atom stereocenters. The van der Waals surface area contributed by atoms with Gasteiger partial charge in [-0.25, -0.2) is 13.2 Å². The average Bonchev–Trinajstić information content (AvgIpc) is 2.74. The maximum atomic E-state index is 13.2. The van der Waals surface area contributed by atoms with Crippen LogP contribution in [0.3, 0.4) is 0 Å². The number of rotatable bonds is 11. The molecular formula is C22H30N2O5S. The Morgan fingerprint density at radius 3 is 2.13 bits per heavy atom. The quantitative estimate of drug-likeness (QED) is 0.413. The summed E-state index contributed by atoms with van der Waals surface area (Å²) in [6.45, 7) is 4.71. The first-order valence-corrected chi connectivity index (χ1v) is 11.5. The number of hydrogen-bond donors (Lipinski definition) is 2. The van der Waals surface area contributed by atoms with Crippen molar-refractivity contribution in [2.75, 3.05) is 13.1 Å². The van der Waals surface area contributed by atoms with Crippen LogP contribution >= 0.6 is 0 Å². The van der Waals surface area contributed by atoms with Gasteiger partial charge in [-0.05, 0) is 42.9 Å². The molecule has 2 rings (SSSR count). The van der Waals surface area contributed by atoms with E-state index in [1.807, 2.05) is 44.2 Å². The Morgan fingerprint density at radius 2 is 1.57 bits per heavy atom. The molecule has 0 heterocycles. The Morgan fingerprint density at radius 1 is 1.00 bits per heavy atom. The summed E-state index contributed by atoms with van der Waals surface area (Å²) < 4.78 is 27.8. The lowest BCUT2D eigenvalue weighted by Crippen LogP contribution is -2.41. The average molecular weight is 435 g/mol. The Labute approximate surface area is 178 Å². The largest absolute Gasteiger partial charge is 0.438 e. The van der Waals surface area contributed by atoms with E-state index in [2.05, 4.69) is 10.2 Å². The van der Waals surface area contributed by atoms with Gasteiger partial charge in [0.25, 0.3) is 0 Å². The third-order valence-corrected chi connectivity index (χ3v) is 6.71. The minimum absolute atomic E-state index is 0.229.